The van der Waals surface area contributed by atoms with E-state index in [9.17, 15) is 8.42 Å². The van der Waals surface area contributed by atoms with E-state index in [1.165, 1.54) is 6.33 Å². The van der Waals surface area contributed by atoms with Crippen molar-refractivity contribution >= 4 is 15.8 Å². The molecule has 0 unspecified atom stereocenters. The summed E-state index contributed by atoms with van der Waals surface area (Å²) >= 11 is 0. The number of rotatable bonds is 7. The van der Waals surface area contributed by atoms with Crippen LogP contribution in [0.15, 0.2) is 12.4 Å². The Morgan fingerprint density at radius 2 is 2.00 bits per heavy atom. The number of hydrogen-bond donors (Lipinski definition) is 2. The molecule has 114 valence electrons. The lowest BCUT2D eigenvalue weighted by molar-refractivity contribution is 0.232. The molecule has 0 aliphatic heterocycles. The number of anilines is 1. The van der Waals surface area contributed by atoms with Crippen molar-refractivity contribution in [3.05, 3.63) is 12.4 Å². The molecule has 0 amide bonds. The van der Waals surface area contributed by atoms with Gasteiger partial charge in [-0.1, -0.05) is 0 Å². The molecule has 0 aromatic carbocycles. The van der Waals surface area contributed by atoms with E-state index < -0.39 is 15.6 Å². The van der Waals surface area contributed by atoms with Gasteiger partial charge in [0.1, 0.15) is 12.1 Å². The Balaban J connectivity index is 2.65. The van der Waals surface area contributed by atoms with Gasteiger partial charge in [-0.05, 0) is 27.7 Å². The fraction of sp³-hybridized carbons (Fsp3) is 0.667. The summed E-state index contributed by atoms with van der Waals surface area (Å²) in [5.41, 5.74) is -0.627. The molecule has 1 rings (SSSR count). The number of hydrogen-bond acceptors (Lipinski definition) is 6. The van der Waals surface area contributed by atoms with Gasteiger partial charge in [0.25, 0.3) is 0 Å². The molecule has 0 radical (unpaired) electrons. The third kappa shape index (κ3) is 6.67. The molecule has 7 nitrogen and oxygen atoms in total. The Labute approximate surface area is 120 Å². The minimum Gasteiger partial charge on any atom is -0.475 e. The summed E-state index contributed by atoms with van der Waals surface area (Å²) in [5, 5.41) is 3.06. The van der Waals surface area contributed by atoms with Crippen LogP contribution in [-0.4, -0.2) is 42.8 Å². The van der Waals surface area contributed by atoms with Gasteiger partial charge in [0.05, 0.1) is 12.4 Å². The molecular formula is C12H22N4O3S. The molecular weight excluding hydrogens is 280 g/mol. The average Bonchev–Trinajstić information content (AvgIpc) is 2.23. The van der Waals surface area contributed by atoms with Crippen LogP contribution in [0.4, 0.5) is 5.82 Å². The molecule has 1 heterocycles. The maximum Gasteiger partial charge on any atom is 0.218 e. The number of aromatic nitrogens is 2. The number of nitrogens with one attached hydrogen (secondary N) is 2. The smallest absolute Gasteiger partial charge is 0.218 e. The molecule has 0 aliphatic carbocycles. The third-order valence-corrected chi connectivity index (χ3v) is 3.09. The Morgan fingerprint density at radius 3 is 2.55 bits per heavy atom. The predicted octanol–water partition coefficient (Wildman–Crippen LogP) is 1.00. The molecule has 1 aromatic heterocycles. The lowest BCUT2D eigenvalue weighted by Crippen LogP contribution is -2.47. The van der Waals surface area contributed by atoms with E-state index in [1.54, 1.807) is 19.9 Å². The van der Waals surface area contributed by atoms with Crippen LogP contribution in [0.5, 0.6) is 5.88 Å². The standard InChI is InChI=1S/C12H22N4O3S/c1-9(2)19-11-6-10(14-8-15-11)13-7-12(3,4)16-20(5,17)18/h6,8-9,16H,7H2,1-5H3,(H,13,14,15). The topological polar surface area (TPSA) is 93.2 Å². The quantitative estimate of drug-likeness (QED) is 0.780. The van der Waals surface area contributed by atoms with Gasteiger partial charge < -0.3 is 10.1 Å². The molecule has 0 saturated carbocycles. The largest absolute Gasteiger partial charge is 0.475 e. The van der Waals surface area contributed by atoms with Crippen molar-refractivity contribution < 1.29 is 13.2 Å². The van der Waals surface area contributed by atoms with E-state index in [0.717, 1.165) is 6.26 Å². The molecule has 20 heavy (non-hydrogen) atoms. The van der Waals surface area contributed by atoms with Crippen molar-refractivity contribution in [1.82, 2.24) is 14.7 Å². The van der Waals surface area contributed by atoms with Crippen LogP contribution in [0.3, 0.4) is 0 Å². The summed E-state index contributed by atoms with van der Waals surface area (Å²) in [7, 11) is -3.26. The van der Waals surface area contributed by atoms with E-state index in [4.69, 9.17) is 4.74 Å². The summed E-state index contributed by atoms with van der Waals surface area (Å²) in [4.78, 5) is 8.07. The van der Waals surface area contributed by atoms with Gasteiger partial charge in [0.15, 0.2) is 0 Å². The Hall–Kier alpha value is -1.41. The lowest BCUT2D eigenvalue weighted by atomic mass is 10.1. The Kier molecular flexibility index (Phi) is 5.29. The van der Waals surface area contributed by atoms with Crippen molar-refractivity contribution in [3.8, 4) is 5.88 Å². The van der Waals surface area contributed by atoms with Crippen LogP contribution in [0, 0.1) is 0 Å². The molecule has 0 aliphatic rings. The first kappa shape index (κ1) is 16.6. The fourth-order valence-electron chi connectivity index (χ4n) is 1.59. The third-order valence-electron chi connectivity index (χ3n) is 2.17. The maximum atomic E-state index is 11.2. The molecule has 0 fully saturated rings. The van der Waals surface area contributed by atoms with Gasteiger partial charge in [-0.25, -0.2) is 23.1 Å². The van der Waals surface area contributed by atoms with E-state index in [2.05, 4.69) is 20.0 Å². The van der Waals surface area contributed by atoms with Gasteiger partial charge in [-0.3, -0.25) is 0 Å². The van der Waals surface area contributed by atoms with Crippen molar-refractivity contribution in [1.29, 1.82) is 0 Å². The van der Waals surface area contributed by atoms with E-state index in [1.807, 2.05) is 13.8 Å². The van der Waals surface area contributed by atoms with Crippen molar-refractivity contribution in [2.75, 3.05) is 18.1 Å². The highest BCUT2D eigenvalue weighted by Gasteiger charge is 2.22. The van der Waals surface area contributed by atoms with E-state index >= 15 is 0 Å². The zero-order chi connectivity index (χ0) is 15.4. The SMILES string of the molecule is CC(C)Oc1cc(NCC(C)(C)NS(C)(=O)=O)ncn1. The van der Waals surface area contributed by atoms with E-state index in [-0.39, 0.29) is 6.10 Å². The van der Waals surface area contributed by atoms with Crippen molar-refractivity contribution in [3.63, 3.8) is 0 Å². The van der Waals surface area contributed by atoms with Crippen LogP contribution < -0.4 is 14.8 Å². The van der Waals surface area contributed by atoms with Crippen LogP contribution in [0.2, 0.25) is 0 Å². The highest BCUT2D eigenvalue weighted by molar-refractivity contribution is 7.88. The zero-order valence-corrected chi connectivity index (χ0v) is 13.3. The first-order valence-corrected chi connectivity index (χ1v) is 8.18. The normalized spacial score (nSPS) is 12.5. The second kappa shape index (κ2) is 6.36. The van der Waals surface area contributed by atoms with Gasteiger partial charge >= 0.3 is 0 Å². The highest BCUT2D eigenvalue weighted by Crippen LogP contribution is 2.14. The second-order valence-corrected chi connectivity index (χ2v) is 7.27. The summed E-state index contributed by atoms with van der Waals surface area (Å²) in [5.74, 6) is 1.06. The summed E-state index contributed by atoms with van der Waals surface area (Å²) in [6.07, 6.45) is 2.56. The Morgan fingerprint density at radius 1 is 1.35 bits per heavy atom. The maximum absolute atomic E-state index is 11.2. The molecule has 2 N–H and O–H groups in total. The number of nitrogens with zero attached hydrogens (tertiary/aromatic N) is 2. The number of ether oxygens (including phenoxy) is 1. The summed E-state index contributed by atoms with van der Waals surface area (Å²) < 4.78 is 30.5. The molecule has 8 heteroatoms. The van der Waals surface area contributed by atoms with Crippen LogP contribution in [0.25, 0.3) is 0 Å². The minimum absolute atomic E-state index is 0.0288. The minimum atomic E-state index is -3.26. The predicted molar refractivity (Wildman–Crippen MR) is 78.3 cm³/mol. The van der Waals surface area contributed by atoms with E-state index in [0.29, 0.717) is 18.2 Å². The molecule has 0 atom stereocenters. The highest BCUT2D eigenvalue weighted by atomic mass is 32.2. The first-order valence-electron chi connectivity index (χ1n) is 6.29. The van der Waals surface area contributed by atoms with Gasteiger partial charge in [0.2, 0.25) is 15.9 Å². The van der Waals surface area contributed by atoms with Crippen molar-refractivity contribution in [2.24, 2.45) is 0 Å². The molecule has 1 aromatic rings. The van der Waals surface area contributed by atoms with Crippen LogP contribution in [0.1, 0.15) is 27.7 Å². The first-order chi connectivity index (χ1) is 9.07. The van der Waals surface area contributed by atoms with Crippen molar-refractivity contribution in [2.45, 2.75) is 39.3 Å². The van der Waals surface area contributed by atoms with Crippen LogP contribution in [-0.2, 0) is 10.0 Å². The van der Waals surface area contributed by atoms with Gasteiger partial charge in [0, 0.05) is 18.2 Å². The monoisotopic (exact) mass is 302 g/mol. The Bertz CT molecular complexity index is 543. The molecule has 0 spiro atoms. The lowest BCUT2D eigenvalue weighted by Gasteiger charge is -2.25. The fourth-order valence-corrected chi connectivity index (χ4v) is 2.67. The summed E-state index contributed by atoms with van der Waals surface area (Å²) in [6.45, 7) is 7.78. The van der Waals surface area contributed by atoms with Gasteiger partial charge in [-0.2, -0.15) is 0 Å². The summed E-state index contributed by atoms with van der Waals surface area (Å²) in [6, 6.07) is 1.68. The number of sulfonamides is 1. The zero-order valence-electron chi connectivity index (χ0n) is 12.5. The van der Waals surface area contributed by atoms with Crippen LogP contribution >= 0.6 is 0 Å². The second-order valence-electron chi connectivity index (χ2n) is 5.52. The molecule has 0 saturated heterocycles. The average molecular weight is 302 g/mol. The van der Waals surface area contributed by atoms with Gasteiger partial charge in [-0.15, -0.1) is 0 Å². The molecule has 0 bridgehead atoms.